The van der Waals surface area contributed by atoms with Crippen LogP contribution in [0.5, 0.6) is 0 Å². The Balaban J connectivity index is 1.31. The number of fused-ring (bicyclic) bond motifs is 1. The van der Waals surface area contributed by atoms with Crippen molar-refractivity contribution in [2.75, 3.05) is 44.3 Å². The minimum Gasteiger partial charge on any atom is -0.446 e. The normalized spacial score (nSPS) is 16.7. The van der Waals surface area contributed by atoms with Crippen LogP contribution in [-0.4, -0.2) is 76.0 Å². The molecule has 38 heavy (non-hydrogen) atoms. The number of carbonyl (C=O) groups excluding carboxylic acids is 1. The molecule has 0 aliphatic carbocycles. The van der Waals surface area contributed by atoms with Crippen molar-refractivity contribution < 1.29 is 14.3 Å². The summed E-state index contributed by atoms with van der Waals surface area (Å²) in [4.78, 5) is 30.8. The molecule has 196 valence electrons. The van der Waals surface area contributed by atoms with E-state index >= 15 is 0 Å². The maximum absolute atomic E-state index is 12.7. The second-order valence-corrected chi connectivity index (χ2v) is 10.1. The molecule has 1 amide bonds. The Hall–Kier alpha value is -3.40. The molecule has 4 aromatic rings. The zero-order chi connectivity index (χ0) is 26.1. The van der Waals surface area contributed by atoms with Gasteiger partial charge in [0, 0.05) is 55.3 Å². The summed E-state index contributed by atoms with van der Waals surface area (Å²) in [5.74, 6) is 1.38. The molecule has 11 heteroatoms. The van der Waals surface area contributed by atoms with Crippen LogP contribution in [-0.2, 0) is 9.47 Å². The summed E-state index contributed by atoms with van der Waals surface area (Å²) < 4.78 is 13.0. The second-order valence-electron chi connectivity index (χ2n) is 9.27. The Bertz CT molecular complexity index is 1450. The van der Waals surface area contributed by atoms with Crippen LogP contribution in [0.15, 0.2) is 54.9 Å². The van der Waals surface area contributed by atoms with E-state index in [2.05, 4.69) is 14.9 Å². The third-order valence-corrected chi connectivity index (χ3v) is 7.48. The van der Waals surface area contributed by atoms with Crippen molar-refractivity contribution in [1.29, 1.82) is 0 Å². The number of ether oxygens (including phenoxy) is 2. The Morgan fingerprint density at radius 3 is 2.42 bits per heavy atom. The molecule has 2 fully saturated rings. The van der Waals surface area contributed by atoms with Gasteiger partial charge in [-0.2, -0.15) is 0 Å². The summed E-state index contributed by atoms with van der Waals surface area (Å²) in [6, 6.07) is 15.1. The number of piperazine rings is 1. The highest BCUT2D eigenvalue weighted by Crippen LogP contribution is 2.35. The van der Waals surface area contributed by atoms with E-state index in [1.54, 1.807) is 11.2 Å². The molecular formula is C27H26Cl2N6O3. The van der Waals surface area contributed by atoms with E-state index < -0.39 is 0 Å². The number of rotatable bonds is 4. The van der Waals surface area contributed by atoms with Crippen LogP contribution in [0.25, 0.3) is 28.2 Å². The summed E-state index contributed by atoms with van der Waals surface area (Å²) in [6.45, 7) is 3.53. The number of amides is 1. The van der Waals surface area contributed by atoms with Gasteiger partial charge >= 0.3 is 6.09 Å². The van der Waals surface area contributed by atoms with Crippen LogP contribution < -0.4 is 4.90 Å². The second kappa shape index (κ2) is 10.8. The van der Waals surface area contributed by atoms with Crippen molar-refractivity contribution in [2.24, 2.45) is 0 Å². The molecule has 0 saturated carbocycles. The quantitative estimate of drug-likeness (QED) is 0.342. The molecule has 0 atom stereocenters. The number of halogens is 2. The Morgan fingerprint density at radius 2 is 1.68 bits per heavy atom. The molecular weight excluding hydrogens is 527 g/mol. The predicted molar refractivity (Wildman–Crippen MR) is 146 cm³/mol. The number of hydrogen-bond acceptors (Lipinski definition) is 7. The first-order valence-corrected chi connectivity index (χ1v) is 13.4. The molecule has 0 bridgehead atoms. The summed E-state index contributed by atoms with van der Waals surface area (Å²) in [6.07, 6.45) is 2.70. The van der Waals surface area contributed by atoms with Gasteiger partial charge in [0.15, 0.2) is 17.0 Å². The smallest absolute Gasteiger partial charge is 0.410 e. The van der Waals surface area contributed by atoms with Crippen molar-refractivity contribution in [3.05, 3.63) is 64.9 Å². The fourth-order valence-corrected chi connectivity index (χ4v) is 5.23. The summed E-state index contributed by atoms with van der Waals surface area (Å²) in [7, 11) is 0. The first kappa shape index (κ1) is 24.9. The maximum atomic E-state index is 12.7. The lowest BCUT2D eigenvalue weighted by molar-refractivity contribution is -0.0106. The molecule has 4 heterocycles. The minimum atomic E-state index is -0.266. The van der Waals surface area contributed by atoms with Gasteiger partial charge in [0.25, 0.3) is 0 Å². The lowest BCUT2D eigenvalue weighted by atomic mass is 10.2. The fourth-order valence-electron chi connectivity index (χ4n) is 4.88. The molecule has 0 unspecified atom stereocenters. The zero-order valence-corrected chi connectivity index (χ0v) is 22.1. The summed E-state index contributed by atoms with van der Waals surface area (Å²) >= 11 is 12.8. The highest BCUT2D eigenvalue weighted by Gasteiger charge is 2.28. The van der Waals surface area contributed by atoms with Gasteiger partial charge in [0.2, 0.25) is 0 Å². The van der Waals surface area contributed by atoms with Crippen LogP contribution in [0.2, 0.25) is 10.0 Å². The number of nitrogens with zero attached hydrogens (tertiary/aromatic N) is 6. The molecule has 2 aromatic carbocycles. The molecule has 0 radical (unpaired) electrons. The molecule has 6 rings (SSSR count). The lowest BCUT2D eigenvalue weighted by Crippen LogP contribution is -2.50. The van der Waals surface area contributed by atoms with E-state index in [4.69, 9.17) is 37.7 Å². The monoisotopic (exact) mass is 552 g/mol. The first-order chi connectivity index (χ1) is 18.6. The van der Waals surface area contributed by atoms with Gasteiger partial charge in [-0.15, -0.1) is 0 Å². The van der Waals surface area contributed by atoms with Crippen molar-refractivity contribution in [3.8, 4) is 17.1 Å². The number of anilines is 1. The van der Waals surface area contributed by atoms with E-state index in [1.165, 1.54) is 0 Å². The predicted octanol–water partition coefficient (Wildman–Crippen LogP) is 5.23. The highest BCUT2D eigenvalue weighted by atomic mass is 35.5. The van der Waals surface area contributed by atoms with Gasteiger partial charge in [0.05, 0.1) is 18.2 Å². The van der Waals surface area contributed by atoms with Gasteiger partial charge < -0.3 is 19.3 Å². The molecule has 0 spiro atoms. The molecule has 0 N–H and O–H groups in total. The van der Waals surface area contributed by atoms with Crippen LogP contribution in [0.3, 0.4) is 0 Å². The topological polar surface area (TPSA) is 85.6 Å². The van der Waals surface area contributed by atoms with E-state index in [1.807, 2.05) is 53.1 Å². The largest absolute Gasteiger partial charge is 0.446 e. The van der Waals surface area contributed by atoms with Gasteiger partial charge in [0.1, 0.15) is 18.3 Å². The molecule has 9 nitrogen and oxygen atoms in total. The molecule has 2 aromatic heterocycles. The molecule has 2 aliphatic rings. The van der Waals surface area contributed by atoms with Crippen LogP contribution >= 0.6 is 23.2 Å². The highest BCUT2D eigenvalue weighted by molar-refractivity contribution is 6.33. The standard InChI is InChI=1S/C27H26Cl2N6O3/c28-18-5-7-19(8-6-18)35-24(21-3-1-2-4-22(21)29)32-23-25(30-17-31-26(23)35)33-11-13-34(14-12-33)27(36)38-20-9-15-37-16-10-20/h1-8,17,20H,9-16H2. The van der Waals surface area contributed by atoms with Gasteiger partial charge in [-0.1, -0.05) is 35.3 Å². The van der Waals surface area contributed by atoms with E-state index in [9.17, 15) is 4.79 Å². The van der Waals surface area contributed by atoms with Crippen LogP contribution in [0.1, 0.15) is 12.8 Å². The maximum Gasteiger partial charge on any atom is 0.410 e. The summed E-state index contributed by atoms with van der Waals surface area (Å²) in [5.41, 5.74) is 2.97. The Morgan fingerprint density at radius 1 is 0.947 bits per heavy atom. The molecule has 2 aliphatic heterocycles. The van der Waals surface area contributed by atoms with Crippen molar-refractivity contribution >= 4 is 46.3 Å². The SMILES string of the molecule is O=C(OC1CCOCC1)N1CCN(c2ncnc3c2nc(-c2ccccc2Cl)n3-c2ccc(Cl)cc2)CC1. The van der Waals surface area contributed by atoms with E-state index in [0.717, 1.165) is 24.1 Å². The summed E-state index contributed by atoms with van der Waals surface area (Å²) in [5, 5.41) is 1.23. The Labute approximate surface area is 229 Å². The zero-order valence-electron chi connectivity index (χ0n) is 20.6. The lowest BCUT2D eigenvalue weighted by Gasteiger charge is -2.35. The van der Waals surface area contributed by atoms with E-state index in [-0.39, 0.29) is 12.2 Å². The number of imidazole rings is 1. The van der Waals surface area contributed by atoms with Crippen molar-refractivity contribution in [1.82, 2.24) is 24.4 Å². The van der Waals surface area contributed by atoms with E-state index in [0.29, 0.717) is 72.2 Å². The van der Waals surface area contributed by atoms with Gasteiger partial charge in [-0.3, -0.25) is 4.57 Å². The third-order valence-electron chi connectivity index (χ3n) is 6.90. The van der Waals surface area contributed by atoms with Gasteiger partial charge in [-0.25, -0.2) is 19.7 Å². The first-order valence-electron chi connectivity index (χ1n) is 12.6. The fraction of sp³-hybridized carbons (Fsp3) is 0.333. The minimum absolute atomic E-state index is 0.0733. The molecule has 2 saturated heterocycles. The average molecular weight is 553 g/mol. The average Bonchev–Trinajstić information content (AvgIpc) is 3.34. The van der Waals surface area contributed by atoms with Gasteiger partial charge in [-0.05, 0) is 36.4 Å². The van der Waals surface area contributed by atoms with Crippen LogP contribution in [0.4, 0.5) is 10.6 Å². The number of aromatic nitrogens is 4. The Kier molecular flexibility index (Phi) is 7.06. The van der Waals surface area contributed by atoms with Crippen molar-refractivity contribution in [3.63, 3.8) is 0 Å². The number of hydrogen-bond donors (Lipinski definition) is 0. The van der Waals surface area contributed by atoms with Crippen LogP contribution in [0, 0.1) is 0 Å². The third kappa shape index (κ3) is 4.89. The number of carbonyl (C=O) groups is 1. The number of benzene rings is 2. The van der Waals surface area contributed by atoms with Crippen molar-refractivity contribution in [2.45, 2.75) is 18.9 Å².